The van der Waals surface area contributed by atoms with E-state index in [2.05, 4.69) is 28.3 Å². The fourth-order valence-corrected chi connectivity index (χ4v) is 2.69. The topological polar surface area (TPSA) is 57.8 Å². The van der Waals surface area contributed by atoms with Crippen molar-refractivity contribution in [2.24, 2.45) is 0 Å². The van der Waals surface area contributed by atoms with Crippen LogP contribution in [0.3, 0.4) is 0 Å². The number of hydrogen-bond acceptors (Lipinski definition) is 2. The number of benzene rings is 1. The molecule has 4 heteroatoms. The van der Waals surface area contributed by atoms with Crippen LogP contribution < -0.4 is 5.32 Å². The lowest BCUT2D eigenvalue weighted by Crippen LogP contribution is -2.25. The maximum Gasteiger partial charge on any atom is 0.270 e. The summed E-state index contributed by atoms with van der Waals surface area (Å²) in [5, 5.41) is 5.09. The Hall–Kier alpha value is -2.36. The second kappa shape index (κ2) is 4.96. The molecule has 0 aliphatic heterocycles. The number of aryl methyl sites for hydroxylation is 1. The summed E-state index contributed by atoms with van der Waals surface area (Å²) in [6.07, 6.45) is 2.53. The summed E-state index contributed by atoms with van der Waals surface area (Å²) in [5.74, 6) is -0.100. The van der Waals surface area contributed by atoms with E-state index in [0.717, 1.165) is 33.8 Å². The molecule has 3 aromatic rings. The van der Waals surface area contributed by atoms with Gasteiger partial charge in [-0.15, -0.1) is 0 Å². The van der Waals surface area contributed by atoms with Crippen LogP contribution in [0.25, 0.3) is 21.8 Å². The van der Waals surface area contributed by atoms with Crippen molar-refractivity contribution in [3.8, 4) is 0 Å². The highest BCUT2D eigenvalue weighted by molar-refractivity contribution is 6.11. The number of amides is 1. The number of rotatable bonds is 3. The van der Waals surface area contributed by atoms with E-state index in [1.54, 1.807) is 6.20 Å². The minimum atomic E-state index is -0.100. The summed E-state index contributed by atoms with van der Waals surface area (Å²) in [6.45, 7) is 4.57. The van der Waals surface area contributed by atoms with E-state index in [1.165, 1.54) is 0 Å². The Morgan fingerprint density at radius 1 is 1.25 bits per heavy atom. The first-order chi connectivity index (χ1) is 9.76. The molecule has 102 valence electrons. The monoisotopic (exact) mass is 267 g/mol. The molecule has 0 fully saturated rings. The van der Waals surface area contributed by atoms with Crippen molar-refractivity contribution in [3.05, 3.63) is 41.7 Å². The van der Waals surface area contributed by atoms with Crippen molar-refractivity contribution >= 4 is 27.7 Å². The second-order valence-electron chi connectivity index (χ2n) is 4.76. The Kier molecular flexibility index (Phi) is 3.14. The third-order valence-corrected chi connectivity index (χ3v) is 3.55. The lowest BCUT2D eigenvalue weighted by molar-refractivity contribution is 0.0950. The molecule has 0 aliphatic rings. The third kappa shape index (κ3) is 1.84. The van der Waals surface area contributed by atoms with E-state index < -0.39 is 0 Å². The minimum absolute atomic E-state index is 0.100. The fraction of sp³-hybridized carbons (Fsp3) is 0.250. The first-order valence-electron chi connectivity index (χ1n) is 6.92. The second-order valence-corrected chi connectivity index (χ2v) is 4.76. The molecule has 3 rings (SSSR count). The summed E-state index contributed by atoms with van der Waals surface area (Å²) in [6, 6.07) is 8.14. The molecule has 1 amide bonds. The maximum atomic E-state index is 12.1. The van der Waals surface area contributed by atoms with Gasteiger partial charge in [0.05, 0.1) is 11.7 Å². The van der Waals surface area contributed by atoms with Crippen LogP contribution in [0, 0.1) is 0 Å². The molecule has 0 bridgehead atoms. The zero-order chi connectivity index (χ0) is 14.1. The van der Waals surface area contributed by atoms with Crippen molar-refractivity contribution in [3.63, 3.8) is 0 Å². The van der Waals surface area contributed by atoms with Crippen molar-refractivity contribution in [1.82, 2.24) is 15.3 Å². The van der Waals surface area contributed by atoms with Gasteiger partial charge in [0.25, 0.3) is 5.91 Å². The van der Waals surface area contributed by atoms with E-state index in [1.807, 2.05) is 25.1 Å². The summed E-state index contributed by atoms with van der Waals surface area (Å²) < 4.78 is 0. The Morgan fingerprint density at radius 2 is 2.05 bits per heavy atom. The molecule has 0 radical (unpaired) electrons. The molecule has 0 saturated heterocycles. The van der Waals surface area contributed by atoms with Crippen LogP contribution in [0.5, 0.6) is 0 Å². The molecule has 2 heterocycles. The Morgan fingerprint density at radius 3 is 2.80 bits per heavy atom. The normalized spacial score (nSPS) is 11.1. The zero-order valence-corrected chi connectivity index (χ0v) is 11.7. The summed E-state index contributed by atoms with van der Waals surface area (Å²) in [7, 11) is 0. The highest BCUT2D eigenvalue weighted by Crippen LogP contribution is 2.29. The molecular weight excluding hydrogens is 250 g/mol. The Bertz CT molecular complexity index is 789. The van der Waals surface area contributed by atoms with Gasteiger partial charge in [-0.3, -0.25) is 4.79 Å². The smallest absolute Gasteiger partial charge is 0.270 e. The van der Waals surface area contributed by atoms with E-state index in [4.69, 9.17) is 0 Å². The Balaban J connectivity index is 2.34. The van der Waals surface area contributed by atoms with E-state index in [-0.39, 0.29) is 5.91 Å². The molecule has 0 aliphatic carbocycles. The SMILES string of the molecule is CCNC(=O)c1ncc2[nH]c3ccccc3c2c1CC. The van der Waals surface area contributed by atoms with Gasteiger partial charge in [-0.25, -0.2) is 4.98 Å². The number of hydrogen-bond donors (Lipinski definition) is 2. The summed E-state index contributed by atoms with van der Waals surface area (Å²) >= 11 is 0. The summed E-state index contributed by atoms with van der Waals surface area (Å²) in [5.41, 5.74) is 3.60. The number of carbonyl (C=O) groups excluding carboxylic acids is 1. The van der Waals surface area contributed by atoms with Gasteiger partial charge >= 0.3 is 0 Å². The number of aromatic amines is 1. The van der Waals surface area contributed by atoms with Gasteiger partial charge in [-0.1, -0.05) is 25.1 Å². The number of carbonyl (C=O) groups is 1. The van der Waals surface area contributed by atoms with E-state index >= 15 is 0 Å². The molecule has 0 spiro atoms. The number of para-hydroxylation sites is 1. The minimum Gasteiger partial charge on any atom is -0.353 e. The number of nitrogens with one attached hydrogen (secondary N) is 2. The van der Waals surface area contributed by atoms with Gasteiger partial charge in [0.2, 0.25) is 0 Å². The first-order valence-corrected chi connectivity index (χ1v) is 6.92. The van der Waals surface area contributed by atoms with Crippen molar-refractivity contribution in [2.75, 3.05) is 6.54 Å². The zero-order valence-electron chi connectivity index (χ0n) is 11.7. The van der Waals surface area contributed by atoms with Crippen LogP contribution in [0.4, 0.5) is 0 Å². The van der Waals surface area contributed by atoms with Gasteiger partial charge < -0.3 is 10.3 Å². The van der Waals surface area contributed by atoms with Gasteiger partial charge in [-0.05, 0) is 25.0 Å². The highest BCUT2D eigenvalue weighted by Gasteiger charge is 2.17. The molecule has 0 unspecified atom stereocenters. The fourth-order valence-electron chi connectivity index (χ4n) is 2.69. The number of nitrogens with zero attached hydrogens (tertiary/aromatic N) is 1. The predicted molar refractivity (Wildman–Crippen MR) is 81.0 cm³/mol. The maximum absolute atomic E-state index is 12.1. The molecule has 0 saturated carbocycles. The average Bonchev–Trinajstić information content (AvgIpc) is 2.85. The van der Waals surface area contributed by atoms with Crippen LogP contribution in [0.1, 0.15) is 29.9 Å². The first kappa shape index (κ1) is 12.7. The van der Waals surface area contributed by atoms with Crippen molar-refractivity contribution < 1.29 is 4.79 Å². The Labute approximate surface area is 117 Å². The number of aromatic nitrogens is 2. The quantitative estimate of drug-likeness (QED) is 0.766. The largest absolute Gasteiger partial charge is 0.353 e. The molecule has 20 heavy (non-hydrogen) atoms. The van der Waals surface area contributed by atoms with Crippen LogP contribution in [0.15, 0.2) is 30.5 Å². The van der Waals surface area contributed by atoms with Crippen LogP contribution in [0.2, 0.25) is 0 Å². The van der Waals surface area contributed by atoms with Gasteiger partial charge in [0.1, 0.15) is 5.69 Å². The highest BCUT2D eigenvalue weighted by atomic mass is 16.1. The predicted octanol–water partition coefficient (Wildman–Crippen LogP) is 3.03. The number of H-pyrrole nitrogens is 1. The lowest BCUT2D eigenvalue weighted by Gasteiger charge is -2.08. The standard InChI is InChI=1S/C16H17N3O/c1-3-10-14-11-7-5-6-8-12(11)19-13(14)9-18-15(10)16(20)17-4-2/h5-9,19H,3-4H2,1-2H3,(H,17,20). The van der Waals surface area contributed by atoms with Gasteiger partial charge in [0.15, 0.2) is 0 Å². The molecule has 2 aromatic heterocycles. The van der Waals surface area contributed by atoms with Crippen LogP contribution >= 0.6 is 0 Å². The van der Waals surface area contributed by atoms with Crippen molar-refractivity contribution in [2.45, 2.75) is 20.3 Å². The van der Waals surface area contributed by atoms with Gasteiger partial charge in [-0.2, -0.15) is 0 Å². The number of fused-ring (bicyclic) bond motifs is 3. The van der Waals surface area contributed by atoms with E-state index in [0.29, 0.717) is 12.2 Å². The van der Waals surface area contributed by atoms with Crippen molar-refractivity contribution in [1.29, 1.82) is 0 Å². The molecule has 1 aromatic carbocycles. The molecule has 4 nitrogen and oxygen atoms in total. The van der Waals surface area contributed by atoms with Gasteiger partial charge in [0, 0.05) is 22.8 Å². The molecule has 0 atom stereocenters. The lowest BCUT2D eigenvalue weighted by atomic mass is 10.0. The van der Waals surface area contributed by atoms with E-state index in [9.17, 15) is 4.79 Å². The average molecular weight is 267 g/mol. The molecular formula is C16H17N3O. The number of pyridine rings is 1. The van der Waals surface area contributed by atoms with Crippen LogP contribution in [-0.2, 0) is 6.42 Å². The third-order valence-electron chi connectivity index (χ3n) is 3.55. The summed E-state index contributed by atoms with van der Waals surface area (Å²) in [4.78, 5) is 19.8. The van der Waals surface area contributed by atoms with Crippen LogP contribution in [-0.4, -0.2) is 22.4 Å². The molecule has 2 N–H and O–H groups in total.